The van der Waals surface area contributed by atoms with Crippen LogP contribution in [0.3, 0.4) is 0 Å². The molecule has 1 aromatic carbocycles. The van der Waals surface area contributed by atoms with Gasteiger partial charge in [-0.3, -0.25) is 14.5 Å². The Morgan fingerprint density at radius 3 is 2.48 bits per heavy atom. The third-order valence-electron chi connectivity index (χ3n) is 5.13. The summed E-state index contributed by atoms with van der Waals surface area (Å²) in [5.41, 5.74) is 3.10. The summed E-state index contributed by atoms with van der Waals surface area (Å²) in [6.07, 6.45) is 2.21. The lowest BCUT2D eigenvalue weighted by molar-refractivity contribution is -0.139. The molecule has 0 bridgehead atoms. The molecule has 1 fully saturated rings. The number of rotatable bonds is 4. The van der Waals surface area contributed by atoms with Crippen LogP contribution in [0.4, 0.5) is 0 Å². The molecule has 0 spiro atoms. The number of carbonyl (C=O) groups is 2. The van der Waals surface area contributed by atoms with Crippen LogP contribution in [0.15, 0.2) is 6.07 Å². The van der Waals surface area contributed by atoms with Gasteiger partial charge in [0.05, 0.1) is 26.1 Å². The minimum atomic E-state index is -0.360. The SMILES string of the molecule is CCc1cc(OC)c(OC)c2c1C1C(=O)N(CC)C(=O)C1CC2. The summed E-state index contributed by atoms with van der Waals surface area (Å²) in [7, 11) is 3.24. The van der Waals surface area contributed by atoms with Gasteiger partial charge in [0.2, 0.25) is 11.8 Å². The monoisotopic (exact) mass is 317 g/mol. The zero-order chi connectivity index (χ0) is 16.7. The molecule has 1 saturated heterocycles. The maximum Gasteiger partial charge on any atom is 0.237 e. The van der Waals surface area contributed by atoms with Gasteiger partial charge in [-0.15, -0.1) is 0 Å². The fourth-order valence-corrected chi connectivity index (χ4v) is 4.09. The van der Waals surface area contributed by atoms with Crippen molar-refractivity contribution < 1.29 is 19.1 Å². The Kier molecular flexibility index (Phi) is 4.04. The number of hydrogen-bond donors (Lipinski definition) is 0. The molecule has 5 nitrogen and oxygen atoms in total. The number of benzene rings is 1. The van der Waals surface area contributed by atoms with Crippen molar-refractivity contribution in [3.8, 4) is 11.5 Å². The van der Waals surface area contributed by atoms with Crippen LogP contribution in [0, 0.1) is 5.92 Å². The highest BCUT2D eigenvalue weighted by Crippen LogP contribution is 2.49. The van der Waals surface area contributed by atoms with E-state index in [1.54, 1.807) is 14.2 Å². The summed E-state index contributed by atoms with van der Waals surface area (Å²) < 4.78 is 11.0. The number of imide groups is 1. The second-order valence-electron chi connectivity index (χ2n) is 6.06. The topological polar surface area (TPSA) is 55.8 Å². The molecule has 23 heavy (non-hydrogen) atoms. The summed E-state index contributed by atoms with van der Waals surface area (Å²) in [5.74, 6) is 0.730. The third kappa shape index (κ3) is 2.13. The van der Waals surface area contributed by atoms with Gasteiger partial charge in [0.15, 0.2) is 11.5 Å². The van der Waals surface area contributed by atoms with Gasteiger partial charge >= 0.3 is 0 Å². The first-order valence-corrected chi connectivity index (χ1v) is 8.20. The number of methoxy groups -OCH3 is 2. The summed E-state index contributed by atoms with van der Waals surface area (Å²) in [4.78, 5) is 26.7. The van der Waals surface area contributed by atoms with Crippen molar-refractivity contribution in [2.75, 3.05) is 20.8 Å². The van der Waals surface area contributed by atoms with Gasteiger partial charge in [-0.25, -0.2) is 0 Å². The van der Waals surface area contributed by atoms with E-state index in [0.29, 0.717) is 24.5 Å². The lowest BCUT2D eigenvalue weighted by Gasteiger charge is -2.29. The number of fused-ring (bicyclic) bond motifs is 3. The van der Waals surface area contributed by atoms with E-state index >= 15 is 0 Å². The Morgan fingerprint density at radius 1 is 1.17 bits per heavy atom. The number of hydrogen-bond acceptors (Lipinski definition) is 4. The largest absolute Gasteiger partial charge is 0.493 e. The molecule has 1 heterocycles. The Hall–Kier alpha value is -2.04. The van der Waals surface area contributed by atoms with E-state index in [4.69, 9.17) is 9.47 Å². The van der Waals surface area contributed by atoms with Crippen molar-refractivity contribution in [1.29, 1.82) is 0 Å². The maximum absolute atomic E-state index is 12.8. The predicted octanol–water partition coefficient (Wildman–Crippen LogP) is 2.30. The van der Waals surface area contributed by atoms with E-state index in [1.165, 1.54) is 4.90 Å². The summed E-state index contributed by atoms with van der Waals surface area (Å²) in [6.45, 7) is 4.35. The van der Waals surface area contributed by atoms with Crippen molar-refractivity contribution in [1.82, 2.24) is 4.90 Å². The van der Waals surface area contributed by atoms with E-state index < -0.39 is 0 Å². The van der Waals surface area contributed by atoms with Gasteiger partial charge in [0.1, 0.15) is 0 Å². The number of nitrogens with zero attached hydrogens (tertiary/aromatic N) is 1. The molecule has 0 saturated carbocycles. The van der Waals surface area contributed by atoms with Crippen LogP contribution in [0.25, 0.3) is 0 Å². The second kappa shape index (κ2) is 5.87. The van der Waals surface area contributed by atoms with Crippen molar-refractivity contribution >= 4 is 11.8 Å². The van der Waals surface area contributed by atoms with Crippen LogP contribution >= 0.6 is 0 Å². The molecule has 0 radical (unpaired) electrons. The molecule has 2 aliphatic rings. The number of carbonyl (C=O) groups excluding carboxylic acids is 2. The highest BCUT2D eigenvalue weighted by molar-refractivity contribution is 6.08. The molecule has 2 unspecified atom stereocenters. The molecule has 1 aromatic rings. The molecule has 124 valence electrons. The van der Waals surface area contributed by atoms with Crippen molar-refractivity contribution in [2.45, 2.75) is 39.0 Å². The van der Waals surface area contributed by atoms with Crippen LogP contribution in [-0.4, -0.2) is 37.5 Å². The van der Waals surface area contributed by atoms with E-state index in [2.05, 4.69) is 6.92 Å². The minimum Gasteiger partial charge on any atom is -0.493 e. The van der Waals surface area contributed by atoms with Crippen molar-refractivity contribution in [3.05, 3.63) is 22.8 Å². The quantitative estimate of drug-likeness (QED) is 0.800. The molecule has 3 rings (SSSR count). The first-order chi connectivity index (χ1) is 11.1. The smallest absolute Gasteiger partial charge is 0.237 e. The van der Waals surface area contributed by atoms with Crippen LogP contribution in [0.1, 0.15) is 42.9 Å². The fraction of sp³-hybridized carbons (Fsp3) is 0.556. The Bertz CT molecular complexity index is 667. The third-order valence-corrected chi connectivity index (χ3v) is 5.13. The molecule has 5 heteroatoms. The summed E-state index contributed by atoms with van der Waals surface area (Å²) in [6, 6.07) is 1.95. The Balaban J connectivity index is 2.22. The van der Waals surface area contributed by atoms with Crippen molar-refractivity contribution in [2.24, 2.45) is 5.92 Å². The van der Waals surface area contributed by atoms with Gasteiger partial charge in [0, 0.05) is 12.1 Å². The minimum absolute atomic E-state index is 0.0232. The lowest BCUT2D eigenvalue weighted by atomic mass is 9.73. The fourth-order valence-electron chi connectivity index (χ4n) is 4.09. The molecule has 2 atom stereocenters. The van der Waals surface area contributed by atoms with Gasteiger partial charge in [-0.1, -0.05) is 6.92 Å². The number of likely N-dealkylation sites (N-methyl/N-ethyl adjacent to an activating group) is 1. The highest BCUT2D eigenvalue weighted by Gasteiger charge is 2.51. The van der Waals surface area contributed by atoms with E-state index in [9.17, 15) is 9.59 Å². The van der Waals surface area contributed by atoms with Crippen molar-refractivity contribution in [3.63, 3.8) is 0 Å². The van der Waals surface area contributed by atoms with Gasteiger partial charge in [-0.2, -0.15) is 0 Å². The molecule has 1 aliphatic heterocycles. The number of amides is 2. The molecular formula is C18H23NO4. The average Bonchev–Trinajstić information content (AvgIpc) is 2.83. The van der Waals surface area contributed by atoms with Crippen LogP contribution in [0.5, 0.6) is 11.5 Å². The van der Waals surface area contributed by atoms with Crippen LogP contribution in [-0.2, 0) is 22.4 Å². The number of ether oxygens (including phenoxy) is 2. The Labute approximate surface area is 136 Å². The molecule has 2 amide bonds. The van der Waals surface area contributed by atoms with Crippen LogP contribution < -0.4 is 9.47 Å². The first-order valence-electron chi connectivity index (χ1n) is 8.20. The molecular weight excluding hydrogens is 294 g/mol. The van der Waals surface area contributed by atoms with Gasteiger partial charge in [-0.05, 0) is 43.4 Å². The summed E-state index contributed by atoms with van der Waals surface area (Å²) >= 11 is 0. The standard InChI is InChI=1S/C18H23NO4/c1-5-10-9-13(22-3)16(23-4)11-7-8-12-15(14(10)11)18(21)19(6-2)17(12)20/h9,12,15H,5-8H2,1-4H3. The molecule has 1 aliphatic carbocycles. The van der Waals surface area contributed by atoms with Gasteiger partial charge in [0.25, 0.3) is 0 Å². The lowest BCUT2D eigenvalue weighted by Crippen LogP contribution is -2.30. The predicted molar refractivity (Wildman–Crippen MR) is 85.9 cm³/mol. The molecule has 0 aromatic heterocycles. The summed E-state index contributed by atoms with van der Waals surface area (Å²) in [5, 5.41) is 0. The number of aryl methyl sites for hydroxylation is 1. The zero-order valence-corrected chi connectivity index (χ0v) is 14.1. The maximum atomic E-state index is 12.8. The van der Waals surface area contributed by atoms with Crippen LogP contribution in [0.2, 0.25) is 0 Å². The highest BCUT2D eigenvalue weighted by atomic mass is 16.5. The average molecular weight is 317 g/mol. The zero-order valence-electron chi connectivity index (χ0n) is 14.1. The van der Waals surface area contributed by atoms with E-state index in [0.717, 1.165) is 29.5 Å². The van der Waals surface area contributed by atoms with E-state index in [-0.39, 0.29) is 23.7 Å². The number of likely N-dealkylation sites (tertiary alicyclic amines) is 1. The molecule has 0 N–H and O–H groups in total. The normalized spacial score (nSPS) is 22.9. The van der Waals surface area contributed by atoms with E-state index in [1.807, 2.05) is 13.0 Å². The van der Waals surface area contributed by atoms with Gasteiger partial charge < -0.3 is 9.47 Å². The Morgan fingerprint density at radius 2 is 1.91 bits per heavy atom. The first kappa shape index (κ1) is 15.8. The second-order valence-corrected chi connectivity index (χ2v) is 6.06.